The van der Waals surface area contributed by atoms with Crippen molar-refractivity contribution in [3.05, 3.63) is 45.9 Å². The molecule has 0 atom stereocenters. The number of likely N-dealkylation sites (tertiary alicyclic amines) is 1. The molecule has 142 valence electrons. The molecule has 1 aromatic heterocycles. The van der Waals surface area contributed by atoms with E-state index in [1.807, 2.05) is 12.1 Å². The van der Waals surface area contributed by atoms with Crippen LogP contribution in [0.2, 0.25) is 0 Å². The second-order valence-electron chi connectivity index (χ2n) is 7.22. The van der Waals surface area contributed by atoms with Crippen molar-refractivity contribution in [3.63, 3.8) is 0 Å². The van der Waals surface area contributed by atoms with E-state index >= 15 is 0 Å². The summed E-state index contributed by atoms with van der Waals surface area (Å²) in [5, 5.41) is 3.11. The fourth-order valence-corrected chi connectivity index (χ4v) is 4.13. The summed E-state index contributed by atoms with van der Waals surface area (Å²) < 4.78 is 5.80. The van der Waals surface area contributed by atoms with Gasteiger partial charge in [0.2, 0.25) is 5.91 Å². The molecule has 1 aliphatic heterocycles. The Balaban J connectivity index is 1.30. The number of ether oxygens (including phenoxy) is 1. The van der Waals surface area contributed by atoms with Gasteiger partial charge < -0.3 is 15.4 Å². The Morgan fingerprint density at radius 2 is 1.85 bits per heavy atom. The third-order valence-corrected chi connectivity index (χ3v) is 6.05. The molecule has 0 unspecified atom stereocenters. The zero-order chi connectivity index (χ0) is 18.8. The number of aromatic nitrogens is 1. The number of amides is 2. The van der Waals surface area contributed by atoms with E-state index in [-0.39, 0.29) is 17.7 Å². The first-order valence-electron chi connectivity index (χ1n) is 9.36. The standard InChI is InChI=1S/C20H23N3O3S/c21-19(24)14-7-9-23(10-8-14)20(25)15-3-5-16(6-4-15)26-11-18-22-17(12-27-18)13-1-2-13/h3-6,12-14H,1-2,7-11H2,(H2,21,24). The van der Waals surface area contributed by atoms with Crippen molar-refractivity contribution in [1.82, 2.24) is 9.88 Å². The minimum atomic E-state index is -0.270. The van der Waals surface area contributed by atoms with Gasteiger partial charge in [-0.3, -0.25) is 9.59 Å². The van der Waals surface area contributed by atoms with Crippen LogP contribution in [0.3, 0.4) is 0 Å². The lowest BCUT2D eigenvalue weighted by Gasteiger charge is -2.30. The van der Waals surface area contributed by atoms with E-state index in [9.17, 15) is 9.59 Å². The molecule has 27 heavy (non-hydrogen) atoms. The number of nitrogens with zero attached hydrogens (tertiary/aromatic N) is 2. The molecule has 4 rings (SSSR count). The molecule has 1 saturated carbocycles. The fourth-order valence-electron chi connectivity index (χ4n) is 3.35. The van der Waals surface area contributed by atoms with E-state index in [1.54, 1.807) is 28.4 Å². The normalized spacial score (nSPS) is 17.7. The summed E-state index contributed by atoms with van der Waals surface area (Å²) in [5.41, 5.74) is 7.17. The van der Waals surface area contributed by atoms with Crippen LogP contribution in [0.25, 0.3) is 0 Å². The molecule has 2 N–H and O–H groups in total. The van der Waals surface area contributed by atoms with Gasteiger partial charge in [0.1, 0.15) is 17.4 Å². The van der Waals surface area contributed by atoms with Crippen LogP contribution in [0.1, 0.15) is 52.7 Å². The molecule has 1 saturated heterocycles. The smallest absolute Gasteiger partial charge is 0.253 e. The van der Waals surface area contributed by atoms with E-state index < -0.39 is 0 Å². The minimum Gasteiger partial charge on any atom is -0.486 e. The van der Waals surface area contributed by atoms with Crippen molar-refractivity contribution in [1.29, 1.82) is 0 Å². The highest BCUT2D eigenvalue weighted by molar-refractivity contribution is 7.09. The van der Waals surface area contributed by atoms with Gasteiger partial charge in [-0.25, -0.2) is 4.98 Å². The van der Waals surface area contributed by atoms with Crippen molar-refractivity contribution in [2.75, 3.05) is 13.1 Å². The van der Waals surface area contributed by atoms with E-state index in [0.29, 0.717) is 44.0 Å². The predicted octanol–water partition coefficient (Wildman–Crippen LogP) is 2.94. The number of hydrogen-bond donors (Lipinski definition) is 1. The summed E-state index contributed by atoms with van der Waals surface area (Å²) >= 11 is 1.64. The molecule has 2 aliphatic rings. The van der Waals surface area contributed by atoms with Crippen LogP contribution < -0.4 is 10.5 Å². The van der Waals surface area contributed by atoms with Crippen LogP contribution in [0.4, 0.5) is 0 Å². The Hall–Kier alpha value is -2.41. The summed E-state index contributed by atoms with van der Waals surface area (Å²) in [7, 11) is 0. The van der Waals surface area contributed by atoms with Crippen LogP contribution in [-0.4, -0.2) is 34.8 Å². The summed E-state index contributed by atoms with van der Waals surface area (Å²) in [6.45, 7) is 1.58. The minimum absolute atomic E-state index is 0.0153. The van der Waals surface area contributed by atoms with Gasteiger partial charge in [0.25, 0.3) is 5.91 Å². The van der Waals surface area contributed by atoms with E-state index in [2.05, 4.69) is 10.4 Å². The highest BCUT2D eigenvalue weighted by Gasteiger charge is 2.27. The van der Waals surface area contributed by atoms with Crippen LogP contribution in [-0.2, 0) is 11.4 Å². The largest absolute Gasteiger partial charge is 0.486 e. The van der Waals surface area contributed by atoms with Gasteiger partial charge in [0.15, 0.2) is 0 Å². The summed E-state index contributed by atoms with van der Waals surface area (Å²) in [6, 6.07) is 7.21. The summed E-state index contributed by atoms with van der Waals surface area (Å²) in [5.74, 6) is 0.984. The molecule has 7 heteroatoms. The number of primary amides is 1. The number of carbonyl (C=O) groups excluding carboxylic acids is 2. The maximum atomic E-state index is 12.6. The van der Waals surface area contributed by atoms with Crippen LogP contribution >= 0.6 is 11.3 Å². The first-order valence-corrected chi connectivity index (χ1v) is 10.2. The van der Waals surface area contributed by atoms with E-state index in [0.717, 1.165) is 10.8 Å². The lowest BCUT2D eigenvalue weighted by atomic mass is 9.96. The number of thiazole rings is 1. The number of rotatable bonds is 6. The number of carbonyl (C=O) groups is 2. The molecule has 1 aromatic carbocycles. The zero-order valence-corrected chi connectivity index (χ0v) is 15.9. The number of hydrogen-bond acceptors (Lipinski definition) is 5. The Bertz CT molecular complexity index is 821. The van der Waals surface area contributed by atoms with Crippen molar-refractivity contribution in [3.8, 4) is 5.75 Å². The molecule has 1 aliphatic carbocycles. The average Bonchev–Trinajstić information content (AvgIpc) is 3.44. The Labute approximate surface area is 162 Å². The lowest BCUT2D eigenvalue weighted by molar-refractivity contribution is -0.123. The van der Waals surface area contributed by atoms with Crippen molar-refractivity contribution >= 4 is 23.2 Å². The maximum Gasteiger partial charge on any atom is 0.253 e. The van der Waals surface area contributed by atoms with Gasteiger partial charge in [-0.1, -0.05) is 0 Å². The van der Waals surface area contributed by atoms with Crippen molar-refractivity contribution < 1.29 is 14.3 Å². The molecular weight excluding hydrogens is 362 g/mol. The Kier molecular flexibility index (Phi) is 5.11. The molecule has 0 radical (unpaired) electrons. The molecule has 2 amide bonds. The first kappa shape index (κ1) is 18.0. The highest BCUT2D eigenvalue weighted by atomic mass is 32.1. The predicted molar refractivity (Wildman–Crippen MR) is 103 cm³/mol. The maximum absolute atomic E-state index is 12.6. The molecule has 2 aromatic rings. The van der Waals surface area contributed by atoms with Crippen LogP contribution in [0.5, 0.6) is 5.75 Å². The SMILES string of the molecule is NC(=O)C1CCN(C(=O)c2ccc(OCc3nc(C4CC4)cs3)cc2)CC1. The monoisotopic (exact) mass is 385 g/mol. The average molecular weight is 385 g/mol. The molecule has 6 nitrogen and oxygen atoms in total. The van der Waals surface area contributed by atoms with Crippen LogP contribution in [0, 0.1) is 5.92 Å². The fraction of sp³-hybridized carbons (Fsp3) is 0.450. The quantitative estimate of drug-likeness (QED) is 0.828. The molecular formula is C20H23N3O3S. The third-order valence-electron chi connectivity index (χ3n) is 5.21. The zero-order valence-electron chi connectivity index (χ0n) is 15.1. The molecule has 2 fully saturated rings. The summed E-state index contributed by atoms with van der Waals surface area (Å²) in [4.78, 5) is 30.2. The summed E-state index contributed by atoms with van der Waals surface area (Å²) in [6.07, 6.45) is 3.78. The molecule has 0 spiro atoms. The van der Waals surface area contributed by atoms with Gasteiger partial charge in [-0.15, -0.1) is 11.3 Å². The highest BCUT2D eigenvalue weighted by Crippen LogP contribution is 2.40. The topological polar surface area (TPSA) is 85.5 Å². The van der Waals surface area contributed by atoms with Gasteiger partial charge in [0, 0.05) is 35.9 Å². The van der Waals surface area contributed by atoms with Gasteiger partial charge >= 0.3 is 0 Å². The first-order chi connectivity index (χ1) is 13.1. The Morgan fingerprint density at radius 3 is 2.48 bits per heavy atom. The molecule has 0 bridgehead atoms. The third kappa shape index (κ3) is 4.30. The van der Waals surface area contributed by atoms with Gasteiger partial charge in [-0.05, 0) is 49.9 Å². The Morgan fingerprint density at radius 1 is 1.15 bits per heavy atom. The van der Waals surface area contributed by atoms with Gasteiger partial charge in [0.05, 0.1) is 5.69 Å². The van der Waals surface area contributed by atoms with Gasteiger partial charge in [-0.2, -0.15) is 0 Å². The number of piperidine rings is 1. The second kappa shape index (κ2) is 7.68. The van der Waals surface area contributed by atoms with E-state index in [4.69, 9.17) is 10.5 Å². The number of nitrogens with two attached hydrogens (primary N) is 1. The lowest BCUT2D eigenvalue weighted by Crippen LogP contribution is -2.41. The van der Waals surface area contributed by atoms with Crippen molar-refractivity contribution in [2.45, 2.75) is 38.2 Å². The van der Waals surface area contributed by atoms with E-state index in [1.165, 1.54) is 18.5 Å². The second-order valence-corrected chi connectivity index (χ2v) is 8.16. The molecule has 2 heterocycles. The van der Waals surface area contributed by atoms with Crippen molar-refractivity contribution in [2.24, 2.45) is 11.7 Å². The number of benzene rings is 1. The van der Waals surface area contributed by atoms with Crippen LogP contribution in [0.15, 0.2) is 29.6 Å².